The molecule has 0 aliphatic carbocycles. The highest BCUT2D eigenvalue weighted by Crippen LogP contribution is 2.52. The second-order valence-electron chi connectivity index (χ2n) is 15.3. The maximum Gasteiger partial charge on any atom is 0.198 e. The minimum absolute atomic E-state index is 0.0854. The number of rotatable bonds is 9. The average Bonchev–Trinajstić information content (AvgIpc) is 3.20. The molecular weight excluding hydrogens is 639 g/mol. The fourth-order valence-corrected chi connectivity index (χ4v) is 8.69. The van der Waals surface area contributed by atoms with Gasteiger partial charge in [-0.25, -0.2) is 0 Å². The maximum atomic E-state index is 3.92. The van der Waals surface area contributed by atoms with Gasteiger partial charge < -0.3 is 10.2 Å². The van der Waals surface area contributed by atoms with E-state index >= 15 is 0 Å². The van der Waals surface area contributed by atoms with Crippen molar-refractivity contribution in [1.82, 2.24) is 0 Å². The fraction of sp³-hybridized carbons (Fsp3) is 0.160. The summed E-state index contributed by atoms with van der Waals surface area (Å²) in [5.74, 6) is 0. The lowest BCUT2D eigenvalue weighted by Crippen LogP contribution is -2.45. The number of nitrogens with zero attached hydrogens (tertiary/aromatic N) is 1. The van der Waals surface area contributed by atoms with Crippen LogP contribution in [-0.2, 0) is 11.8 Å². The number of aryl methyl sites for hydroxylation is 1. The normalized spacial score (nSPS) is 13.4. The van der Waals surface area contributed by atoms with Crippen LogP contribution < -0.4 is 21.1 Å². The molecule has 258 valence electrons. The molecule has 0 spiro atoms. The summed E-state index contributed by atoms with van der Waals surface area (Å²) in [6.45, 7) is 7.07. The third kappa shape index (κ3) is 5.95. The molecule has 0 saturated heterocycles. The summed E-state index contributed by atoms with van der Waals surface area (Å²) >= 11 is 0. The number of fused-ring (bicyclic) bond motifs is 4. The number of anilines is 5. The zero-order valence-corrected chi connectivity index (χ0v) is 31.0. The number of hydrogen-bond acceptors (Lipinski definition) is 2. The Bertz CT molecular complexity index is 2430. The van der Waals surface area contributed by atoms with Gasteiger partial charge in [0.1, 0.15) is 0 Å². The van der Waals surface area contributed by atoms with Gasteiger partial charge in [0, 0.05) is 33.7 Å². The van der Waals surface area contributed by atoms with E-state index in [4.69, 9.17) is 0 Å². The summed E-state index contributed by atoms with van der Waals surface area (Å²) in [7, 11) is 0.892. The SMILES string of the molecule is CCCCCc1cc(-c2ccc(-c3ccccc3)cc2Nc2ccc(-c3ccccc3)cc2)c2c(c1)N1c3ccccc3C(C)(C)c3cccc(c31)B2. The summed E-state index contributed by atoms with van der Waals surface area (Å²) in [6, 6.07) is 58.3. The first kappa shape index (κ1) is 33.1. The Balaban J connectivity index is 1.23. The first-order chi connectivity index (χ1) is 26.0. The van der Waals surface area contributed by atoms with E-state index in [1.165, 1.54) is 97.3 Å². The molecule has 7 aromatic rings. The van der Waals surface area contributed by atoms with Gasteiger partial charge in [0.2, 0.25) is 0 Å². The molecule has 0 fully saturated rings. The second kappa shape index (κ2) is 13.6. The van der Waals surface area contributed by atoms with Crippen LogP contribution in [0.5, 0.6) is 0 Å². The quantitative estimate of drug-likeness (QED) is 0.120. The number of hydrogen-bond donors (Lipinski definition) is 1. The molecule has 3 heteroatoms. The molecule has 0 saturated carbocycles. The molecule has 0 radical (unpaired) electrons. The smallest absolute Gasteiger partial charge is 0.198 e. The molecule has 0 amide bonds. The molecular formula is C50H45BN2. The zero-order chi connectivity index (χ0) is 35.9. The Hall–Kier alpha value is -5.80. The third-order valence-electron chi connectivity index (χ3n) is 11.5. The highest BCUT2D eigenvalue weighted by Gasteiger charge is 2.41. The fourth-order valence-electron chi connectivity index (χ4n) is 8.69. The molecule has 2 nitrogen and oxygen atoms in total. The van der Waals surface area contributed by atoms with E-state index < -0.39 is 0 Å². The van der Waals surface area contributed by atoms with Gasteiger partial charge in [-0.2, -0.15) is 0 Å². The predicted octanol–water partition coefficient (Wildman–Crippen LogP) is 12.0. The molecule has 2 aliphatic heterocycles. The topological polar surface area (TPSA) is 15.3 Å². The van der Waals surface area contributed by atoms with Gasteiger partial charge in [-0.15, -0.1) is 0 Å². The Morgan fingerprint density at radius 1 is 0.566 bits per heavy atom. The molecule has 9 rings (SSSR count). The number of unbranched alkanes of at least 4 members (excludes halogenated alkanes) is 2. The standard InChI is InChI=1S/C50H45BN2/c1-4-5-8-16-34-31-41(48-47(32-34)53-46-24-14-13-21-42(46)50(2,3)43-22-15-23-44(51-48)49(43)53)40-30-27-38(36-19-11-7-12-20-36)33-45(40)52-39-28-25-37(26-29-39)35-17-9-6-10-18-35/h6-7,9-15,17-33,51-52H,4-5,8,16H2,1-3H3. The lowest BCUT2D eigenvalue weighted by Gasteiger charge is -2.46. The van der Waals surface area contributed by atoms with Gasteiger partial charge in [0.05, 0.1) is 5.69 Å². The van der Waals surface area contributed by atoms with Crippen molar-refractivity contribution in [3.63, 3.8) is 0 Å². The van der Waals surface area contributed by atoms with Gasteiger partial charge >= 0.3 is 0 Å². The van der Waals surface area contributed by atoms with Crippen LogP contribution in [0.15, 0.2) is 158 Å². The van der Waals surface area contributed by atoms with Crippen LogP contribution in [-0.4, -0.2) is 7.28 Å². The van der Waals surface area contributed by atoms with Crippen LogP contribution in [0, 0.1) is 0 Å². The number of nitrogens with one attached hydrogen (secondary N) is 1. The minimum Gasteiger partial charge on any atom is -0.355 e. The van der Waals surface area contributed by atoms with E-state index in [9.17, 15) is 0 Å². The maximum absolute atomic E-state index is 3.92. The van der Waals surface area contributed by atoms with E-state index in [1.807, 2.05) is 0 Å². The van der Waals surface area contributed by atoms with Crippen LogP contribution in [0.3, 0.4) is 0 Å². The summed E-state index contributed by atoms with van der Waals surface area (Å²) in [6.07, 6.45) is 4.69. The average molecular weight is 685 g/mol. The molecule has 0 bridgehead atoms. The van der Waals surface area contributed by atoms with E-state index in [-0.39, 0.29) is 5.41 Å². The minimum atomic E-state index is -0.0854. The Kier molecular flexibility index (Phi) is 8.51. The lowest BCUT2D eigenvalue weighted by molar-refractivity contribution is 0.632. The Labute approximate surface area is 315 Å². The summed E-state index contributed by atoms with van der Waals surface area (Å²) in [5.41, 5.74) is 20.5. The summed E-state index contributed by atoms with van der Waals surface area (Å²) < 4.78 is 0. The lowest BCUT2D eigenvalue weighted by atomic mass is 9.55. The van der Waals surface area contributed by atoms with Crippen LogP contribution >= 0.6 is 0 Å². The largest absolute Gasteiger partial charge is 0.355 e. The first-order valence-corrected chi connectivity index (χ1v) is 19.3. The zero-order valence-electron chi connectivity index (χ0n) is 31.0. The van der Waals surface area contributed by atoms with E-state index in [0.717, 1.165) is 25.1 Å². The summed E-state index contributed by atoms with van der Waals surface area (Å²) in [5, 5.41) is 3.92. The van der Waals surface area contributed by atoms with Crippen molar-refractivity contribution in [2.45, 2.75) is 51.9 Å². The third-order valence-corrected chi connectivity index (χ3v) is 11.5. The molecule has 2 aliphatic rings. The van der Waals surface area contributed by atoms with Crippen molar-refractivity contribution >= 4 is 46.6 Å². The Morgan fingerprint density at radius 2 is 1.23 bits per heavy atom. The summed E-state index contributed by atoms with van der Waals surface area (Å²) in [4.78, 5) is 2.60. The van der Waals surface area contributed by atoms with Crippen molar-refractivity contribution in [3.8, 4) is 33.4 Å². The number of para-hydroxylation sites is 2. The van der Waals surface area contributed by atoms with Crippen molar-refractivity contribution in [3.05, 3.63) is 174 Å². The molecule has 1 N–H and O–H groups in total. The van der Waals surface area contributed by atoms with Crippen molar-refractivity contribution in [2.24, 2.45) is 0 Å². The highest BCUT2D eigenvalue weighted by atomic mass is 15.2. The molecule has 0 atom stereocenters. The van der Waals surface area contributed by atoms with Crippen LogP contribution in [0.1, 0.15) is 56.7 Å². The van der Waals surface area contributed by atoms with Gasteiger partial charge in [-0.05, 0) is 93.1 Å². The second-order valence-corrected chi connectivity index (χ2v) is 15.3. The van der Waals surface area contributed by atoms with Gasteiger partial charge in [-0.3, -0.25) is 0 Å². The molecule has 0 unspecified atom stereocenters. The van der Waals surface area contributed by atoms with Gasteiger partial charge in [0.15, 0.2) is 7.28 Å². The molecule has 53 heavy (non-hydrogen) atoms. The molecule has 0 aromatic heterocycles. The molecule has 7 aromatic carbocycles. The van der Waals surface area contributed by atoms with Crippen molar-refractivity contribution in [1.29, 1.82) is 0 Å². The van der Waals surface area contributed by atoms with Gasteiger partial charge in [0.25, 0.3) is 0 Å². The monoisotopic (exact) mass is 684 g/mol. The van der Waals surface area contributed by atoms with Crippen molar-refractivity contribution < 1.29 is 0 Å². The Morgan fingerprint density at radius 3 is 1.98 bits per heavy atom. The van der Waals surface area contributed by atoms with Crippen LogP contribution in [0.4, 0.5) is 28.4 Å². The molecule has 2 heterocycles. The number of benzene rings is 7. The first-order valence-electron chi connectivity index (χ1n) is 19.3. The predicted molar refractivity (Wildman–Crippen MR) is 229 cm³/mol. The van der Waals surface area contributed by atoms with Crippen LogP contribution in [0.2, 0.25) is 0 Å². The highest BCUT2D eigenvalue weighted by molar-refractivity contribution is 6.73. The van der Waals surface area contributed by atoms with Gasteiger partial charge in [-0.1, -0.05) is 166 Å². The van der Waals surface area contributed by atoms with E-state index in [2.05, 4.69) is 189 Å². The van der Waals surface area contributed by atoms with E-state index in [1.54, 1.807) is 0 Å². The van der Waals surface area contributed by atoms with E-state index in [0.29, 0.717) is 0 Å². The van der Waals surface area contributed by atoms with Crippen molar-refractivity contribution in [2.75, 3.05) is 10.2 Å². The van der Waals surface area contributed by atoms with Crippen LogP contribution in [0.25, 0.3) is 33.4 Å².